The van der Waals surface area contributed by atoms with Crippen LogP contribution >= 0.6 is 0 Å². The predicted molar refractivity (Wildman–Crippen MR) is 109 cm³/mol. The Balaban J connectivity index is 2.00. The van der Waals surface area contributed by atoms with Crippen LogP contribution in [0.25, 0.3) is 5.57 Å². The Bertz CT molecular complexity index is 792. The molecule has 0 aliphatic carbocycles. The number of imide groups is 1. The predicted octanol–water partition coefficient (Wildman–Crippen LogP) is 1.65. The van der Waals surface area contributed by atoms with Crippen LogP contribution in [0.5, 0.6) is 0 Å². The molecule has 3 rings (SSSR count). The first-order chi connectivity index (χ1) is 13.3. The fraction of sp³-hybridized carbons (Fsp3) is 0.545. The third-order valence-corrected chi connectivity index (χ3v) is 5.45. The highest BCUT2D eigenvalue weighted by atomic mass is 16.3. The van der Waals surface area contributed by atoms with E-state index in [-0.39, 0.29) is 24.3 Å². The van der Waals surface area contributed by atoms with Crippen molar-refractivity contribution in [1.82, 2.24) is 14.7 Å². The molecule has 0 bridgehead atoms. The van der Waals surface area contributed by atoms with Crippen LogP contribution in [0.1, 0.15) is 30.5 Å². The van der Waals surface area contributed by atoms with Gasteiger partial charge in [-0.15, -0.1) is 0 Å². The molecular formula is C22H31N3O3. The minimum absolute atomic E-state index is 0.135. The molecule has 2 amide bonds. The van der Waals surface area contributed by atoms with E-state index in [0.717, 1.165) is 29.8 Å². The van der Waals surface area contributed by atoms with Gasteiger partial charge in [-0.3, -0.25) is 19.4 Å². The summed E-state index contributed by atoms with van der Waals surface area (Å²) < 4.78 is 0. The number of nitrogens with zero attached hydrogens (tertiary/aromatic N) is 3. The summed E-state index contributed by atoms with van der Waals surface area (Å²) in [5.74, 6) is -0.142. The van der Waals surface area contributed by atoms with Crippen LogP contribution < -0.4 is 0 Å². The number of benzene rings is 1. The molecule has 1 aromatic carbocycles. The number of aliphatic hydroxyl groups is 1. The van der Waals surface area contributed by atoms with Crippen LogP contribution in [0.15, 0.2) is 23.9 Å². The second kappa shape index (κ2) is 8.45. The molecule has 6 nitrogen and oxygen atoms in total. The second-order valence-electron chi connectivity index (χ2n) is 8.21. The van der Waals surface area contributed by atoms with Gasteiger partial charge in [-0.05, 0) is 30.9 Å². The van der Waals surface area contributed by atoms with Gasteiger partial charge < -0.3 is 10.0 Å². The summed E-state index contributed by atoms with van der Waals surface area (Å²) >= 11 is 0. The normalized spacial score (nSPS) is 18.8. The van der Waals surface area contributed by atoms with Crippen molar-refractivity contribution in [1.29, 1.82) is 0 Å². The first kappa shape index (κ1) is 20.6. The second-order valence-corrected chi connectivity index (χ2v) is 8.21. The molecule has 2 aliphatic heterocycles. The average Bonchev–Trinajstić information content (AvgIpc) is 2.87. The van der Waals surface area contributed by atoms with E-state index in [1.54, 1.807) is 0 Å². The van der Waals surface area contributed by atoms with Gasteiger partial charge in [0.2, 0.25) is 0 Å². The van der Waals surface area contributed by atoms with Gasteiger partial charge in [0.25, 0.3) is 11.8 Å². The molecule has 1 saturated heterocycles. The third kappa shape index (κ3) is 3.98. The van der Waals surface area contributed by atoms with E-state index < -0.39 is 0 Å². The molecule has 2 aliphatic rings. The number of piperazine rings is 1. The molecule has 6 heteroatoms. The zero-order chi connectivity index (χ0) is 20.4. The molecule has 1 aromatic rings. The largest absolute Gasteiger partial charge is 0.395 e. The smallest absolute Gasteiger partial charge is 0.277 e. The van der Waals surface area contributed by atoms with Crippen molar-refractivity contribution in [2.45, 2.75) is 27.7 Å². The average molecular weight is 386 g/mol. The lowest BCUT2D eigenvalue weighted by Gasteiger charge is -2.36. The number of carbonyl (C=O) groups is 2. The van der Waals surface area contributed by atoms with Crippen LogP contribution in [0.2, 0.25) is 0 Å². The number of carbonyl (C=O) groups excluding carboxylic acids is 2. The summed E-state index contributed by atoms with van der Waals surface area (Å²) in [6, 6.07) is 6.02. The summed E-state index contributed by atoms with van der Waals surface area (Å²) in [7, 11) is 0. The SMILES string of the molecule is Cc1ccc(C2=C(N3CCN(CCO)CC3)C(=O)N(CC(C)C)C2=O)c(C)c1. The Labute approximate surface area is 167 Å². The zero-order valence-corrected chi connectivity index (χ0v) is 17.4. The lowest BCUT2D eigenvalue weighted by molar-refractivity contribution is -0.138. The number of aryl methyl sites for hydroxylation is 2. The molecule has 1 fully saturated rings. The van der Waals surface area contributed by atoms with Gasteiger partial charge in [-0.25, -0.2) is 0 Å². The number of aliphatic hydroxyl groups excluding tert-OH is 1. The van der Waals surface area contributed by atoms with Crippen LogP contribution in [0.4, 0.5) is 0 Å². The highest BCUT2D eigenvalue weighted by Crippen LogP contribution is 2.34. The van der Waals surface area contributed by atoms with Gasteiger partial charge in [0.1, 0.15) is 5.70 Å². The van der Waals surface area contributed by atoms with E-state index in [1.165, 1.54) is 4.90 Å². The Hall–Kier alpha value is -2.18. The van der Waals surface area contributed by atoms with Crippen molar-refractivity contribution in [3.05, 3.63) is 40.6 Å². The van der Waals surface area contributed by atoms with Gasteiger partial charge in [0.15, 0.2) is 0 Å². The summed E-state index contributed by atoms with van der Waals surface area (Å²) in [5.41, 5.74) is 4.08. The van der Waals surface area contributed by atoms with Crippen molar-refractivity contribution < 1.29 is 14.7 Å². The number of hydrogen-bond acceptors (Lipinski definition) is 5. The molecular weight excluding hydrogens is 354 g/mol. The van der Waals surface area contributed by atoms with E-state index in [1.807, 2.05) is 39.8 Å². The molecule has 28 heavy (non-hydrogen) atoms. The number of rotatable bonds is 6. The minimum Gasteiger partial charge on any atom is -0.395 e. The summed E-state index contributed by atoms with van der Waals surface area (Å²) in [4.78, 5) is 32.2. The molecule has 2 heterocycles. The first-order valence-electron chi connectivity index (χ1n) is 10.1. The van der Waals surface area contributed by atoms with Crippen LogP contribution in [-0.4, -0.2) is 77.5 Å². The lowest BCUT2D eigenvalue weighted by Crippen LogP contribution is -2.48. The number of β-amino-alcohol motifs (C(OH)–C–C–N with tert-alkyl or cyclic N) is 1. The van der Waals surface area contributed by atoms with Crippen molar-refractivity contribution in [3.63, 3.8) is 0 Å². The topological polar surface area (TPSA) is 64.1 Å². The fourth-order valence-corrected chi connectivity index (χ4v) is 4.06. The van der Waals surface area contributed by atoms with E-state index in [2.05, 4.69) is 15.9 Å². The first-order valence-corrected chi connectivity index (χ1v) is 10.1. The van der Waals surface area contributed by atoms with Crippen molar-refractivity contribution in [2.75, 3.05) is 45.9 Å². The molecule has 0 radical (unpaired) electrons. The van der Waals surface area contributed by atoms with Crippen molar-refractivity contribution >= 4 is 17.4 Å². The summed E-state index contributed by atoms with van der Waals surface area (Å²) in [5, 5.41) is 9.16. The van der Waals surface area contributed by atoms with Crippen molar-refractivity contribution in [2.24, 2.45) is 5.92 Å². The highest BCUT2D eigenvalue weighted by Gasteiger charge is 2.42. The maximum Gasteiger partial charge on any atom is 0.277 e. The molecule has 0 aromatic heterocycles. The Morgan fingerprint density at radius 3 is 2.29 bits per heavy atom. The number of hydrogen-bond donors (Lipinski definition) is 1. The maximum absolute atomic E-state index is 13.3. The Kier molecular flexibility index (Phi) is 6.20. The van der Waals surface area contributed by atoms with Gasteiger partial charge in [-0.2, -0.15) is 0 Å². The minimum atomic E-state index is -0.182. The summed E-state index contributed by atoms with van der Waals surface area (Å²) in [6.07, 6.45) is 0. The van der Waals surface area contributed by atoms with E-state index in [9.17, 15) is 9.59 Å². The number of amides is 2. The van der Waals surface area contributed by atoms with Gasteiger partial charge in [-0.1, -0.05) is 37.6 Å². The molecule has 0 atom stereocenters. The molecule has 152 valence electrons. The zero-order valence-electron chi connectivity index (χ0n) is 17.4. The maximum atomic E-state index is 13.3. The quantitative estimate of drug-likeness (QED) is 0.755. The van der Waals surface area contributed by atoms with Crippen LogP contribution in [0, 0.1) is 19.8 Å². The van der Waals surface area contributed by atoms with Crippen molar-refractivity contribution in [3.8, 4) is 0 Å². The highest BCUT2D eigenvalue weighted by molar-refractivity contribution is 6.35. The van der Waals surface area contributed by atoms with E-state index in [0.29, 0.717) is 37.4 Å². The monoisotopic (exact) mass is 385 g/mol. The third-order valence-electron chi connectivity index (χ3n) is 5.45. The summed E-state index contributed by atoms with van der Waals surface area (Å²) in [6.45, 7) is 12.2. The molecule has 1 N–H and O–H groups in total. The fourth-order valence-electron chi connectivity index (χ4n) is 4.06. The van der Waals surface area contributed by atoms with Gasteiger partial charge >= 0.3 is 0 Å². The van der Waals surface area contributed by atoms with Crippen LogP contribution in [0.3, 0.4) is 0 Å². The standard InChI is InChI=1S/C22H31N3O3/c1-15(2)14-25-21(27)19(18-6-5-16(3)13-17(18)4)20(22(25)28)24-9-7-23(8-10-24)11-12-26/h5-6,13,15,26H,7-12,14H2,1-4H3. The van der Waals surface area contributed by atoms with E-state index >= 15 is 0 Å². The van der Waals surface area contributed by atoms with Gasteiger partial charge in [0, 0.05) is 39.3 Å². The molecule has 0 saturated carbocycles. The Morgan fingerprint density at radius 2 is 1.71 bits per heavy atom. The van der Waals surface area contributed by atoms with E-state index in [4.69, 9.17) is 5.11 Å². The van der Waals surface area contributed by atoms with Gasteiger partial charge in [0.05, 0.1) is 12.2 Å². The lowest BCUT2D eigenvalue weighted by atomic mass is 9.97. The molecule has 0 unspecified atom stereocenters. The molecule has 0 spiro atoms. The van der Waals surface area contributed by atoms with Crippen LogP contribution in [-0.2, 0) is 9.59 Å². The Morgan fingerprint density at radius 1 is 1.04 bits per heavy atom.